The number of hydrogen-bond donors (Lipinski definition) is 0. The van der Waals surface area contributed by atoms with E-state index in [1.54, 1.807) is 36.4 Å². The molecule has 0 saturated heterocycles. The molecule has 0 fully saturated rings. The van der Waals surface area contributed by atoms with E-state index >= 15 is 0 Å². The molecule has 3 nitrogen and oxygen atoms in total. The zero-order valence-corrected chi connectivity index (χ0v) is 16.5. The van der Waals surface area contributed by atoms with Crippen molar-refractivity contribution in [2.45, 2.75) is 37.5 Å². The summed E-state index contributed by atoms with van der Waals surface area (Å²) in [5, 5.41) is -3.55. The van der Waals surface area contributed by atoms with Crippen molar-refractivity contribution >= 4 is 25.7 Å². The van der Waals surface area contributed by atoms with E-state index in [0.717, 1.165) is 0 Å². The van der Waals surface area contributed by atoms with Gasteiger partial charge in [0.1, 0.15) is 0 Å². The molecular weight excluding hydrogens is 366 g/mol. The molecule has 1 aliphatic carbocycles. The second-order valence-electron chi connectivity index (χ2n) is 7.16. The van der Waals surface area contributed by atoms with E-state index in [9.17, 15) is 13.6 Å². The summed E-state index contributed by atoms with van der Waals surface area (Å²) in [6.07, 6.45) is 0.731. The molecule has 0 radical (unpaired) electrons. The number of carbonyl (C=O) groups excluding carboxylic acids is 1. The van der Waals surface area contributed by atoms with Gasteiger partial charge in [0, 0.05) is 19.1 Å². The molecule has 138 valence electrons. The summed E-state index contributed by atoms with van der Waals surface area (Å²) >= 11 is 5.38. The number of hydrogen-bond acceptors (Lipinski definition) is 3. The molecule has 0 amide bonds. The maximum absolute atomic E-state index is 14.1. The van der Waals surface area contributed by atoms with Gasteiger partial charge in [-0.25, -0.2) is 0 Å². The third-order valence-corrected chi connectivity index (χ3v) is 5.20. The van der Waals surface area contributed by atoms with Crippen LogP contribution in [0.3, 0.4) is 0 Å². The average molecular weight is 389 g/mol. The number of rotatable bonds is 6. The second kappa shape index (κ2) is 7.56. The van der Waals surface area contributed by atoms with Crippen molar-refractivity contribution < 1.29 is 22.7 Å². The average Bonchev–Trinajstić information content (AvgIpc) is 2.52. The molecule has 0 heterocycles. The molecule has 2 rings (SSSR count). The Kier molecular flexibility index (Phi) is 6.07. The summed E-state index contributed by atoms with van der Waals surface area (Å²) in [6.45, 7) is 5.89. The van der Waals surface area contributed by atoms with E-state index in [2.05, 4.69) is 0 Å². The van der Waals surface area contributed by atoms with Crippen molar-refractivity contribution in [3.63, 3.8) is 0 Å². The number of alkyl halides is 3. The molecule has 0 aromatic heterocycles. The van der Waals surface area contributed by atoms with Gasteiger partial charge in [0.2, 0.25) is 8.32 Å². The topological polar surface area (TPSA) is 35.5 Å². The number of ether oxygens (including phenoxy) is 1. The van der Waals surface area contributed by atoms with Crippen LogP contribution in [0.25, 0.3) is 0 Å². The Labute approximate surface area is 153 Å². The van der Waals surface area contributed by atoms with Gasteiger partial charge < -0.3 is 9.16 Å². The minimum absolute atomic E-state index is 0.0934. The van der Waals surface area contributed by atoms with Crippen LogP contribution in [0.5, 0.6) is 0 Å². The molecule has 0 saturated carbocycles. The highest BCUT2D eigenvalue weighted by Gasteiger charge is 2.51. The van der Waals surface area contributed by atoms with Crippen LogP contribution < -0.4 is 0 Å². The Bertz CT molecular complexity index is 638. The van der Waals surface area contributed by atoms with E-state index in [4.69, 9.17) is 20.8 Å². The van der Waals surface area contributed by atoms with Gasteiger partial charge in [0.05, 0.1) is 23.7 Å². The first-order valence-corrected chi connectivity index (χ1v) is 11.9. The lowest BCUT2D eigenvalue weighted by atomic mass is 9.76. The number of ketones is 1. The van der Waals surface area contributed by atoms with Crippen LogP contribution in [0.4, 0.5) is 8.78 Å². The van der Waals surface area contributed by atoms with Crippen molar-refractivity contribution in [2.24, 2.45) is 11.8 Å². The van der Waals surface area contributed by atoms with Gasteiger partial charge in [-0.1, -0.05) is 30.3 Å². The first kappa shape index (κ1) is 20.1. The highest BCUT2D eigenvalue weighted by atomic mass is 35.5. The molecule has 0 bridgehead atoms. The predicted molar refractivity (Wildman–Crippen MR) is 96.5 cm³/mol. The zero-order valence-electron chi connectivity index (χ0n) is 14.8. The van der Waals surface area contributed by atoms with Crippen LogP contribution in [-0.2, 0) is 9.16 Å². The fraction of sp³-hybridized carbons (Fsp3) is 0.500. The predicted octanol–water partition coefficient (Wildman–Crippen LogP) is 5.09. The van der Waals surface area contributed by atoms with Crippen LogP contribution in [0.2, 0.25) is 19.6 Å². The monoisotopic (exact) mass is 388 g/mol. The van der Waals surface area contributed by atoms with Gasteiger partial charge in [0.25, 0.3) is 0 Å². The lowest BCUT2D eigenvalue weighted by molar-refractivity contribution is -0.0411. The maximum Gasteiger partial charge on any atom is 0.325 e. The number of methoxy groups -OCH3 is 1. The minimum Gasteiger partial charge on any atom is -0.547 e. The van der Waals surface area contributed by atoms with E-state index in [1.165, 1.54) is 7.11 Å². The van der Waals surface area contributed by atoms with Crippen LogP contribution in [-0.4, -0.2) is 32.7 Å². The normalized spacial score (nSPS) is 24.6. The van der Waals surface area contributed by atoms with Crippen molar-refractivity contribution in [3.05, 3.63) is 47.7 Å². The molecule has 7 heteroatoms. The van der Waals surface area contributed by atoms with Crippen LogP contribution in [0, 0.1) is 11.8 Å². The minimum atomic E-state index is -3.55. The molecule has 3 atom stereocenters. The molecule has 0 aliphatic heterocycles. The third kappa shape index (κ3) is 5.12. The summed E-state index contributed by atoms with van der Waals surface area (Å²) < 4.78 is 39.5. The summed E-state index contributed by atoms with van der Waals surface area (Å²) in [6, 6.07) is 8.37. The quantitative estimate of drug-likeness (QED) is 0.387. The number of allylic oxidation sites excluding steroid dienone is 1. The van der Waals surface area contributed by atoms with Gasteiger partial charge in [-0.2, -0.15) is 8.78 Å². The standard InChI is InChI=1S/C18H23ClF2O3Si/c1-23-15-11-13(24-25(2,3)4)10-14(18(19,20)21)16(15)17(22)12-8-6-5-7-9-12/h5-9,11,14-16H,10H2,1-4H3/t14-,15?,16+/m0/s1. The molecule has 1 unspecified atom stereocenters. The van der Waals surface area contributed by atoms with E-state index in [0.29, 0.717) is 11.3 Å². The third-order valence-electron chi connectivity index (χ3n) is 4.05. The number of carbonyl (C=O) groups is 1. The highest BCUT2D eigenvalue weighted by Crippen LogP contribution is 2.45. The molecular formula is C18H23ClF2O3Si. The molecule has 1 aromatic carbocycles. The number of benzene rings is 1. The molecule has 0 N–H and O–H groups in total. The fourth-order valence-electron chi connectivity index (χ4n) is 3.06. The summed E-state index contributed by atoms with van der Waals surface area (Å²) in [4.78, 5) is 12.9. The van der Waals surface area contributed by atoms with Crippen molar-refractivity contribution in [2.75, 3.05) is 7.11 Å². The maximum atomic E-state index is 14.1. The lowest BCUT2D eigenvalue weighted by Crippen LogP contribution is -2.45. The Morgan fingerprint density at radius 3 is 2.32 bits per heavy atom. The summed E-state index contributed by atoms with van der Waals surface area (Å²) in [5.41, 5.74) is 0.364. The molecule has 25 heavy (non-hydrogen) atoms. The summed E-state index contributed by atoms with van der Waals surface area (Å²) in [7, 11) is -0.589. The van der Waals surface area contributed by atoms with E-state index in [1.807, 2.05) is 19.6 Å². The van der Waals surface area contributed by atoms with Crippen LogP contribution in [0.15, 0.2) is 42.2 Å². The van der Waals surface area contributed by atoms with E-state index < -0.39 is 37.4 Å². The van der Waals surface area contributed by atoms with Gasteiger partial charge >= 0.3 is 5.38 Å². The lowest BCUT2D eigenvalue weighted by Gasteiger charge is -2.38. The first-order chi connectivity index (χ1) is 11.5. The van der Waals surface area contributed by atoms with Crippen molar-refractivity contribution in [1.82, 2.24) is 0 Å². The van der Waals surface area contributed by atoms with Gasteiger partial charge in [-0.15, -0.1) is 0 Å². The fourth-order valence-corrected chi connectivity index (χ4v) is 4.21. The molecule has 0 spiro atoms. The van der Waals surface area contributed by atoms with Crippen molar-refractivity contribution in [3.8, 4) is 0 Å². The Balaban J connectivity index is 2.42. The zero-order chi connectivity index (χ0) is 18.8. The first-order valence-electron chi connectivity index (χ1n) is 8.11. The number of halogens is 3. The smallest absolute Gasteiger partial charge is 0.325 e. The van der Waals surface area contributed by atoms with Gasteiger partial charge in [-0.3, -0.25) is 4.79 Å². The Morgan fingerprint density at radius 1 is 1.24 bits per heavy atom. The van der Waals surface area contributed by atoms with Crippen LogP contribution >= 0.6 is 11.6 Å². The Morgan fingerprint density at radius 2 is 1.84 bits per heavy atom. The molecule has 1 aliphatic rings. The highest BCUT2D eigenvalue weighted by molar-refractivity contribution is 6.70. The van der Waals surface area contributed by atoms with Crippen LogP contribution in [0.1, 0.15) is 16.8 Å². The second-order valence-corrected chi connectivity index (χ2v) is 12.1. The van der Waals surface area contributed by atoms with Gasteiger partial charge in [0.15, 0.2) is 5.78 Å². The van der Waals surface area contributed by atoms with Gasteiger partial charge in [-0.05, 0) is 37.3 Å². The molecule has 1 aromatic rings. The largest absolute Gasteiger partial charge is 0.547 e. The van der Waals surface area contributed by atoms with E-state index in [-0.39, 0.29) is 6.42 Å². The SMILES string of the molecule is COC1C=C(O[Si](C)(C)C)C[C@H](C(F)(F)Cl)[C@H]1C(=O)c1ccccc1. The Hall–Kier alpha value is -1.24. The number of Topliss-reactive ketones (excluding diaryl/α,β-unsaturated/α-hetero) is 1. The summed E-state index contributed by atoms with van der Waals surface area (Å²) in [5.74, 6) is -2.45. The van der Waals surface area contributed by atoms with Crippen molar-refractivity contribution in [1.29, 1.82) is 0 Å².